The molecule has 33 heavy (non-hydrogen) atoms. The Bertz CT molecular complexity index is 952. The molecular formula is C28H37NO4. The van der Waals surface area contributed by atoms with Crippen molar-refractivity contribution in [3.63, 3.8) is 0 Å². The maximum atomic E-state index is 13.8. The molecule has 0 aromatic heterocycles. The maximum absolute atomic E-state index is 13.8. The Morgan fingerprint density at radius 3 is 2.55 bits per heavy atom. The highest BCUT2D eigenvalue weighted by Crippen LogP contribution is 2.57. The number of hydrogen-bond donors (Lipinski definition) is 4. The number of aliphatic hydroxyl groups excluding tert-OH is 2. The van der Waals surface area contributed by atoms with Gasteiger partial charge in [-0.1, -0.05) is 75.1 Å². The smallest absolute Gasteiger partial charge is 0.230 e. The fourth-order valence-electron chi connectivity index (χ4n) is 6.61. The Hall–Kier alpha value is -2.21. The van der Waals surface area contributed by atoms with Gasteiger partial charge >= 0.3 is 0 Å². The zero-order valence-corrected chi connectivity index (χ0v) is 19.8. The molecule has 0 radical (unpaired) electrons. The maximum Gasteiger partial charge on any atom is 0.230 e. The SMILES string of the molecule is C=C1[C@@H](C)[C@H]2[C@H](Cc3ccccc3)NC(=O)[C@]23[C@H](O)C=C[C@](C)(O)C[C@@H](C)CC=C[C@H]3[C@@H]1O. The molecule has 2 fully saturated rings. The van der Waals surface area contributed by atoms with E-state index in [9.17, 15) is 20.1 Å². The van der Waals surface area contributed by atoms with E-state index in [-0.39, 0.29) is 29.7 Å². The van der Waals surface area contributed by atoms with E-state index in [1.807, 2.05) is 49.4 Å². The van der Waals surface area contributed by atoms with Crippen LogP contribution in [0.3, 0.4) is 0 Å². The van der Waals surface area contributed by atoms with Crippen molar-refractivity contribution in [1.82, 2.24) is 5.32 Å². The van der Waals surface area contributed by atoms with E-state index in [1.165, 1.54) is 0 Å². The van der Waals surface area contributed by atoms with E-state index in [2.05, 4.69) is 18.8 Å². The molecule has 1 aliphatic heterocycles. The predicted octanol–water partition coefficient (Wildman–Crippen LogP) is 3.17. The number of rotatable bonds is 2. The summed E-state index contributed by atoms with van der Waals surface area (Å²) in [7, 11) is 0. The van der Waals surface area contributed by atoms with Gasteiger partial charge in [-0.2, -0.15) is 0 Å². The summed E-state index contributed by atoms with van der Waals surface area (Å²) in [4.78, 5) is 13.8. The van der Waals surface area contributed by atoms with Crippen molar-refractivity contribution in [3.8, 4) is 0 Å². The van der Waals surface area contributed by atoms with E-state index in [1.54, 1.807) is 19.1 Å². The van der Waals surface area contributed by atoms with Crippen molar-refractivity contribution in [2.24, 2.45) is 29.1 Å². The minimum Gasteiger partial charge on any atom is -0.388 e. The second-order valence-corrected chi connectivity index (χ2v) is 10.7. The molecule has 1 saturated heterocycles. The van der Waals surface area contributed by atoms with Gasteiger partial charge in [0.2, 0.25) is 5.91 Å². The quantitative estimate of drug-likeness (QED) is 0.520. The lowest BCUT2D eigenvalue weighted by Gasteiger charge is -2.51. The first-order valence-electron chi connectivity index (χ1n) is 12.1. The third-order valence-electron chi connectivity index (χ3n) is 8.16. The average Bonchev–Trinajstić information content (AvgIpc) is 3.04. The van der Waals surface area contributed by atoms with Crippen LogP contribution in [0.2, 0.25) is 0 Å². The molecular weight excluding hydrogens is 414 g/mol. The lowest BCUT2D eigenvalue weighted by molar-refractivity contribution is -0.147. The van der Waals surface area contributed by atoms with Gasteiger partial charge in [0.15, 0.2) is 0 Å². The molecule has 178 valence electrons. The van der Waals surface area contributed by atoms with Crippen LogP contribution in [0.1, 0.15) is 39.2 Å². The first-order valence-corrected chi connectivity index (χ1v) is 12.1. The molecule has 4 N–H and O–H groups in total. The van der Waals surface area contributed by atoms with Crippen LogP contribution in [0.25, 0.3) is 0 Å². The predicted molar refractivity (Wildman–Crippen MR) is 129 cm³/mol. The first-order chi connectivity index (χ1) is 15.6. The Morgan fingerprint density at radius 1 is 1.15 bits per heavy atom. The molecule has 2 aliphatic carbocycles. The molecule has 4 rings (SSSR count). The van der Waals surface area contributed by atoms with Crippen molar-refractivity contribution in [3.05, 3.63) is 72.4 Å². The monoisotopic (exact) mass is 451 g/mol. The van der Waals surface area contributed by atoms with Gasteiger partial charge in [-0.25, -0.2) is 0 Å². The van der Waals surface area contributed by atoms with Crippen LogP contribution in [0.15, 0.2) is 66.8 Å². The summed E-state index contributed by atoms with van der Waals surface area (Å²) in [5, 5.41) is 37.0. The molecule has 1 spiro atoms. The van der Waals surface area contributed by atoms with Gasteiger partial charge in [0.1, 0.15) is 0 Å². The molecule has 9 atom stereocenters. The van der Waals surface area contributed by atoms with Crippen molar-refractivity contribution in [1.29, 1.82) is 0 Å². The van der Waals surface area contributed by atoms with E-state index in [0.717, 1.165) is 5.56 Å². The highest BCUT2D eigenvalue weighted by Gasteiger charge is 2.67. The summed E-state index contributed by atoms with van der Waals surface area (Å²) >= 11 is 0. The zero-order valence-electron chi connectivity index (χ0n) is 19.8. The van der Waals surface area contributed by atoms with E-state index in [0.29, 0.717) is 24.8 Å². The highest BCUT2D eigenvalue weighted by atomic mass is 16.3. The van der Waals surface area contributed by atoms with Crippen LogP contribution in [0.4, 0.5) is 0 Å². The summed E-state index contributed by atoms with van der Waals surface area (Å²) in [5.74, 6) is -1.09. The van der Waals surface area contributed by atoms with Crippen LogP contribution in [-0.4, -0.2) is 45.1 Å². The van der Waals surface area contributed by atoms with Gasteiger partial charge in [-0.15, -0.1) is 0 Å². The second kappa shape index (κ2) is 8.86. The summed E-state index contributed by atoms with van der Waals surface area (Å²) in [6.45, 7) is 10.00. The fraction of sp³-hybridized carbons (Fsp3) is 0.536. The number of carbonyl (C=O) groups excluding carboxylic acids is 1. The summed E-state index contributed by atoms with van der Waals surface area (Å²) in [6.07, 6.45) is 6.88. The topological polar surface area (TPSA) is 89.8 Å². The minimum atomic E-state index is -1.25. The van der Waals surface area contributed by atoms with Crippen LogP contribution in [-0.2, 0) is 11.2 Å². The minimum absolute atomic E-state index is 0.176. The van der Waals surface area contributed by atoms with E-state index >= 15 is 0 Å². The molecule has 1 aromatic carbocycles. The molecule has 0 unspecified atom stereocenters. The Balaban J connectivity index is 1.85. The molecule has 1 aromatic rings. The number of hydrogen-bond acceptors (Lipinski definition) is 4. The molecule has 1 amide bonds. The molecule has 5 heteroatoms. The van der Waals surface area contributed by atoms with Crippen molar-refractivity contribution in [2.45, 2.75) is 63.9 Å². The van der Waals surface area contributed by atoms with Gasteiger partial charge in [0.05, 0.1) is 23.2 Å². The van der Waals surface area contributed by atoms with Crippen LogP contribution < -0.4 is 5.32 Å². The highest BCUT2D eigenvalue weighted by molar-refractivity contribution is 5.88. The number of amides is 1. The van der Waals surface area contributed by atoms with Gasteiger partial charge in [-0.05, 0) is 49.2 Å². The lowest BCUT2D eigenvalue weighted by Crippen LogP contribution is -2.59. The second-order valence-electron chi connectivity index (χ2n) is 10.7. The zero-order chi connectivity index (χ0) is 24.0. The van der Waals surface area contributed by atoms with Gasteiger partial charge in [0.25, 0.3) is 0 Å². The standard InChI is InChI=1S/C28H37NO4/c1-17-9-8-12-21-25(31)19(3)18(2)24-22(15-20-10-6-5-7-11-20)29-26(32)28(21,24)23(30)13-14-27(4,33)16-17/h5-8,10-14,17-18,21-25,30-31,33H,3,9,15-16H2,1-2,4H3,(H,29,32)/t17-,18+,21-,22-,23+,24-,25+,27-,28+/m0/s1. The third-order valence-corrected chi connectivity index (χ3v) is 8.16. The van der Waals surface area contributed by atoms with E-state index in [4.69, 9.17) is 0 Å². The molecule has 5 nitrogen and oxygen atoms in total. The average molecular weight is 452 g/mol. The lowest BCUT2D eigenvalue weighted by atomic mass is 9.51. The number of aliphatic hydroxyl groups is 3. The number of allylic oxidation sites excluding steroid dienone is 1. The number of nitrogens with one attached hydrogen (secondary N) is 1. The van der Waals surface area contributed by atoms with Gasteiger partial charge < -0.3 is 20.6 Å². The summed E-state index contributed by atoms with van der Waals surface area (Å²) < 4.78 is 0. The van der Waals surface area contributed by atoms with Crippen LogP contribution in [0, 0.1) is 29.1 Å². The molecule has 0 bridgehead atoms. The van der Waals surface area contributed by atoms with E-state index < -0.39 is 29.1 Å². The number of benzene rings is 1. The molecule has 1 heterocycles. The first kappa shape index (κ1) is 23.9. The van der Waals surface area contributed by atoms with Crippen LogP contribution in [0.5, 0.6) is 0 Å². The van der Waals surface area contributed by atoms with Crippen LogP contribution >= 0.6 is 0 Å². The molecule has 3 aliphatic rings. The Morgan fingerprint density at radius 2 is 1.85 bits per heavy atom. The largest absolute Gasteiger partial charge is 0.388 e. The summed E-state index contributed by atoms with van der Waals surface area (Å²) in [6, 6.07) is 9.80. The van der Waals surface area contributed by atoms with Gasteiger partial charge in [-0.3, -0.25) is 4.79 Å². The summed E-state index contributed by atoms with van der Waals surface area (Å²) in [5.41, 5.74) is -0.544. The van der Waals surface area contributed by atoms with Crippen molar-refractivity contribution >= 4 is 5.91 Å². The Kier molecular flexibility index (Phi) is 6.43. The number of carbonyl (C=O) groups is 1. The fourth-order valence-corrected chi connectivity index (χ4v) is 6.61. The third kappa shape index (κ3) is 4.11. The Labute approximate surface area is 196 Å². The van der Waals surface area contributed by atoms with Crippen molar-refractivity contribution < 1.29 is 20.1 Å². The normalized spacial score (nSPS) is 43.4. The molecule has 1 saturated carbocycles. The van der Waals surface area contributed by atoms with Crippen molar-refractivity contribution in [2.75, 3.05) is 0 Å². The van der Waals surface area contributed by atoms with Gasteiger partial charge in [0, 0.05) is 17.9 Å².